The molecule has 1 aliphatic rings. The van der Waals surface area contributed by atoms with Gasteiger partial charge in [0.2, 0.25) is 5.91 Å². The summed E-state index contributed by atoms with van der Waals surface area (Å²) in [5.41, 5.74) is 3.95. The summed E-state index contributed by atoms with van der Waals surface area (Å²) in [5, 5.41) is 5.43. The summed E-state index contributed by atoms with van der Waals surface area (Å²) in [6, 6.07) is 11.4. The molecule has 0 spiro atoms. The molecule has 1 aliphatic heterocycles. The van der Waals surface area contributed by atoms with Crippen LogP contribution in [0.4, 0.5) is 0 Å². The lowest BCUT2D eigenvalue weighted by molar-refractivity contribution is -0.132. The summed E-state index contributed by atoms with van der Waals surface area (Å²) in [4.78, 5) is 16.4. The van der Waals surface area contributed by atoms with E-state index in [9.17, 15) is 4.79 Å². The predicted octanol–water partition coefficient (Wildman–Crippen LogP) is 4.52. The van der Waals surface area contributed by atoms with Crippen LogP contribution in [-0.4, -0.2) is 29.9 Å². The van der Waals surface area contributed by atoms with E-state index in [0.717, 1.165) is 13.0 Å². The molecule has 1 N–H and O–H groups in total. The monoisotopic (exact) mass is 370 g/mol. The Morgan fingerprint density at radius 1 is 1.23 bits per heavy atom. The zero-order chi connectivity index (χ0) is 18.9. The standard InChI is InChI=1S/C22H30N2OS/c1-15(2)23-14-20(25)24-12-10-19-18(11-13-26-19)21(24)16-6-8-17(9-7-16)22(3,4)5/h6-9,11,13,15,21,23H,10,12,14H2,1-5H3/t21-/m0/s1. The van der Waals surface area contributed by atoms with Crippen molar-refractivity contribution in [1.82, 2.24) is 10.2 Å². The number of carbonyl (C=O) groups excluding carboxylic acids is 1. The van der Waals surface area contributed by atoms with E-state index in [4.69, 9.17) is 0 Å². The Morgan fingerprint density at radius 2 is 1.92 bits per heavy atom. The summed E-state index contributed by atoms with van der Waals surface area (Å²) < 4.78 is 0. The van der Waals surface area contributed by atoms with Gasteiger partial charge in [-0.05, 0) is 40.0 Å². The molecule has 0 fully saturated rings. The van der Waals surface area contributed by atoms with Gasteiger partial charge in [-0.3, -0.25) is 4.79 Å². The smallest absolute Gasteiger partial charge is 0.237 e. The third kappa shape index (κ3) is 4.02. The molecule has 1 aromatic heterocycles. The molecule has 1 atom stereocenters. The fraction of sp³-hybridized carbons (Fsp3) is 0.500. The second kappa shape index (κ2) is 7.53. The largest absolute Gasteiger partial charge is 0.330 e. The van der Waals surface area contributed by atoms with Gasteiger partial charge in [0.05, 0.1) is 12.6 Å². The van der Waals surface area contributed by atoms with Gasteiger partial charge in [0.25, 0.3) is 0 Å². The molecule has 0 aliphatic carbocycles. The Kier molecular flexibility index (Phi) is 5.54. The highest BCUT2D eigenvalue weighted by molar-refractivity contribution is 7.10. The fourth-order valence-electron chi connectivity index (χ4n) is 3.50. The van der Waals surface area contributed by atoms with E-state index in [0.29, 0.717) is 12.6 Å². The first kappa shape index (κ1) is 19.1. The number of hydrogen-bond acceptors (Lipinski definition) is 3. The molecule has 1 amide bonds. The van der Waals surface area contributed by atoms with Crippen LogP contribution in [-0.2, 0) is 16.6 Å². The summed E-state index contributed by atoms with van der Waals surface area (Å²) in [6.45, 7) is 12.0. The molecule has 26 heavy (non-hydrogen) atoms. The van der Waals surface area contributed by atoms with Crippen LogP contribution in [0.5, 0.6) is 0 Å². The zero-order valence-electron chi connectivity index (χ0n) is 16.5. The normalized spacial score (nSPS) is 17.5. The molecule has 0 saturated heterocycles. The lowest BCUT2D eigenvalue weighted by Crippen LogP contribution is -2.45. The Labute approximate surface area is 161 Å². The highest BCUT2D eigenvalue weighted by atomic mass is 32.1. The second-order valence-electron chi connectivity index (χ2n) is 8.45. The van der Waals surface area contributed by atoms with Gasteiger partial charge in [0.15, 0.2) is 0 Å². The van der Waals surface area contributed by atoms with Crippen molar-refractivity contribution in [3.05, 3.63) is 57.3 Å². The first-order valence-electron chi connectivity index (χ1n) is 9.47. The molecule has 3 nitrogen and oxygen atoms in total. The van der Waals surface area contributed by atoms with Crippen molar-refractivity contribution >= 4 is 17.2 Å². The van der Waals surface area contributed by atoms with Crippen molar-refractivity contribution in [2.24, 2.45) is 0 Å². The van der Waals surface area contributed by atoms with Crippen LogP contribution in [0.15, 0.2) is 35.7 Å². The number of nitrogens with zero attached hydrogens (tertiary/aromatic N) is 1. The lowest BCUT2D eigenvalue weighted by Gasteiger charge is -2.37. The fourth-order valence-corrected chi connectivity index (χ4v) is 4.41. The molecule has 0 saturated carbocycles. The molecule has 2 heterocycles. The third-order valence-corrected chi connectivity index (χ3v) is 6.04. The molecule has 0 bridgehead atoms. The SMILES string of the molecule is CC(C)NCC(=O)N1CCc2sccc2[C@@H]1c1ccc(C(C)(C)C)cc1. The minimum Gasteiger partial charge on any atom is -0.330 e. The summed E-state index contributed by atoms with van der Waals surface area (Å²) in [7, 11) is 0. The lowest BCUT2D eigenvalue weighted by atomic mass is 9.85. The van der Waals surface area contributed by atoms with Crippen LogP contribution < -0.4 is 5.32 Å². The minimum absolute atomic E-state index is 0.0282. The van der Waals surface area contributed by atoms with Crippen molar-refractivity contribution < 1.29 is 4.79 Å². The number of fused-ring (bicyclic) bond motifs is 1. The number of carbonyl (C=O) groups is 1. The van der Waals surface area contributed by atoms with Gasteiger partial charge in [0.1, 0.15) is 0 Å². The van der Waals surface area contributed by atoms with Crippen LogP contribution in [0.1, 0.15) is 62.2 Å². The first-order chi connectivity index (χ1) is 12.3. The molecule has 3 rings (SSSR count). The minimum atomic E-state index is 0.0282. The van der Waals surface area contributed by atoms with E-state index in [1.54, 1.807) is 0 Å². The van der Waals surface area contributed by atoms with Crippen molar-refractivity contribution in [2.45, 2.75) is 58.5 Å². The molecule has 0 unspecified atom stereocenters. The molecular formula is C22H30N2OS. The van der Waals surface area contributed by atoms with E-state index in [1.807, 2.05) is 11.3 Å². The van der Waals surface area contributed by atoms with Gasteiger partial charge >= 0.3 is 0 Å². The average molecular weight is 371 g/mol. The maximum atomic E-state index is 12.9. The first-order valence-corrected chi connectivity index (χ1v) is 10.3. The molecule has 0 radical (unpaired) electrons. The van der Waals surface area contributed by atoms with Gasteiger partial charge < -0.3 is 10.2 Å². The highest BCUT2D eigenvalue weighted by Crippen LogP contribution is 2.38. The molecule has 140 valence electrons. The molecule has 4 heteroatoms. The van der Waals surface area contributed by atoms with Crippen molar-refractivity contribution in [3.8, 4) is 0 Å². The summed E-state index contributed by atoms with van der Waals surface area (Å²) in [5.74, 6) is 0.181. The number of benzene rings is 1. The summed E-state index contributed by atoms with van der Waals surface area (Å²) in [6.07, 6.45) is 0.955. The molecule has 1 aromatic carbocycles. The van der Waals surface area contributed by atoms with Crippen LogP contribution in [0.2, 0.25) is 0 Å². The predicted molar refractivity (Wildman–Crippen MR) is 110 cm³/mol. The van der Waals surface area contributed by atoms with Crippen LogP contribution in [0, 0.1) is 0 Å². The van der Waals surface area contributed by atoms with Gasteiger partial charge in [-0.15, -0.1) is 11.3 Å². The zero-order valence-corrected chi connectivity index (χ0v) is 17.3. The molecule has 2 aromatic rings. The van der Waals surface area contributed by atoms with Crippen LogP contribution in [0.3, 0.4) is 0 Å². The van der Waals surface area contributed by atoms with Crippen molar-refractivity contribution in [1.29, 1.82) is 0 Å². The Balaban J connectivity index is 1.92. The van der Waals surface area contributed by atoms with E-state index >= 15 is 0 Å². The number of thiophene rings is 1. The Bertz CT molecular complexity index is 755. The van der Waals surface area contributed by atoms with Gasteiger partial charge in [0, 0.05) is 17.5 Å². The highest BCUT2D eigenvalue weighted by Gasteiger charge is 2.32. The Hall–Kier alpha value is -1.65. The van der Waals surface area contributed by atoms with Crippen LogP contribution in [0.25, 0.3) is 0 Å². The number of hydrogen-bond donors (Lipinski definition) is 1. The average Bonchev–Trinajstić information content (AvgIpc) is 3.06. The Morgan fingerprint density at radius 3 is 2.54 bits per heavy atom. The van der Waals surface area contributed by atoms with E-state index < -0.39 is 0 Å². The molecular weight excluding hydrogens is 340 g/mol. The van der Waals surface area contributed by atoms with Gasteiger partial charge in [-0.25, -0.2) is 0 Å². The maximum Gasteiger partial charge on any atom is 0.237 e. The number of rotatable bonds is 4. The van der Waals surface area contributed by atoms with Gasteiger partial charge in [-0.2, -0.15) is 0 Å². The topological polar surface area (TPSA) is 32.3 Å². The second-order valence-corrected chi connectivity index (χ2v) is 9.45. The third-order valence-electron chi connectivity index (χ3n) is 5.04. The maximum absolute atomic E-state index is 12.9. The quantitative estimate of drug-likeness (QED) is 0.858. The van der Waals surface area contributed by atoms with Crippen molar-refractivity contribution in [2.75, 3.05) is 13.1 Å². The van der Waals surface area contributed by atoms with Crippen molar-refractivity contribution in [3.63, 3.8) is 0 Å². The van der Waals surface area contributed by atoms with E-state index in [-0.39, 0.29) is 17.4 Å². The number of amides is 1. The van der Waals surface area contributed by atoms with E-state index in [1.165, 1.54) is 21.6 Å². The van der Waals surface area contributed by atoms with Crippen LogP contribution >= 0.6 is 11.3 Å². The van der Waals surface area contributed by atoms with E-state index in [2.05, 4.69) is 80.5 Å². The van der Waals surface area contributed by atoms with Gasteiger partial charge in [-0.1, -0.05) is 58.9 Å². The number of nitrogens with one attached hydrogen (secondary N) is 1. The summed E-state index contributed by atoms with van der Waals surface area (Å²) >= 11 is 1.81.